The van der Waals surface area contributed by atoms with Crippen molar-refractivity contribution in [3.63, 3.8) is 0 Å². The number of ether oxygens (including phenoxy) is 2. The minimum Gasteiger partial charge on any atom is -0.489 e. The van der Waals surface area contributed by atoms with Gasteiger partial charge in [0, 0.05) is 30.8 Å². The minimum absolute atomic E-state index is 0.125. The van der Waals surface area contributed by atoms with Gasteiger partial charge in [-0.1, -0.05) is 12.1 Å². The zero-order valence-corrected chi connectivity index (χ0v) is 14.0. The lowest BCUT2D eigenvalue weighted by molar-refractivity contribution is 0.0682. The van der Waals surface area contributed by atoms with Crippen LogP contribution in [0.15, 0.2) is 30.5 Å². The van der Waals surface area contributed by atoms with E-state index in [0.717, 1.165) is 37.1 Å². The van der Waals surface area contributed by atoms with Crippen LogP contribution in [0.4, 0.5) is 10.5 Å². The van der Waals surface area contributed by atoms with Crippen molar-refractivity contribution in [1.29, 1.82) is 0 Å². The number of nitrogens with one attached hydrogen (secondary N) is 2. The van der Waals surface area contributed by atoms with Crippen LogP contribution in [0, 0.1) is 0 Å². The van der Waals surface area contributed by atoms with Gasteiger partial charge in [-0.3, -0.25) is 5.10 Å². The number of hydrogen-bond donors (Lipinski definition) is 2. The van der Waals surface area contributed by atoms with E-state index in [1.807, 2.05) is 24.3 Å². The molecule has 1 fully saturated rings. The molecular formula is C18H22N4O3. The molecule has 25 heavy (non-hydrogen) atoms. The number of benzene rings is 1. The first kappa shape index (κ1) is 16.0. The van der Waals surface area contributed by atoms with Crippen molar-refractivity contribution in [3.05, 3.63) is 41.7 Å². The number of para-hydroxylation sites is 2. The molecule has 0 unspecified atom stereocenters. The first-order valence-corrected chi connectivity index (χ1v) is 8.70. The molecule has 7 nitrogen and oxygen atoms in total. The van der Waals surface area contributed by atoms with Crippen molar-refractivity contribution in [3.8, 4) is 5.75 Å². The highest BCUT2D eigenvalue weighted by molar-refractivity contribution is 5.91. The van der Waals surface area contributed by atoms with E-state index < -0.39 is 0 Å². The Morgan fingerprint density at radius 2 is 2.36 bits per heavy atom. The van der Waals surface area contributed by atoms with Gasteiger partial charge in [-0.05, 0) is 25.0 Å². The van der Waals surface area contributed by atoms with E-state index in [1.54, 1.807) is 11.1 Å². The summed E-state index contributed by atoms with van der Waals surface area (Å²) in [6.07, 6.45) is 4.82. The molecule has 1 saturated heterocycles. The Balaban J connectivity index is 1.39. The summed E-state index contributed by atoms with van der Waals surface area (Å²) >= 11 is 0. The van der Waals surface area contributed by atoms with Crippen LogP contribution in [0.1, 0.15) is 24.1 Å². The van der Waals surface area contributed by atoms with Crippen LogP contribution in [0.2, 0.25) is 0 Å². The quantitative estimate of drug-likeness (QED) is 0.895. The topological polar surface area (TPSA) is 79.5 Å². The molecule has 7 heteroatoms. The van der Waals surface area contributed by atoms with Gasteiger partial charge in [0.25, 0.3) is 0 Å². The molecule has 1 atom stereocenters. The van der Waals surface area contributed by atoms with Gasteiger partial charge in [0.2, 0.25) is 0 Å². The molecule has 0 bridgehead atoms. The second kappa shape index (κ2) is 7.14. The first-order chi connectivity index (χ1) is 12.3. The normalized spacial score (nSPS) is 19.5. The standard InChI is InChI=1S/C18H22N4O3/c23-18(22-8-7-15-13(11-22)10-19-21-15)20-16-5-1-2-6-17(16)25-12-14-4-3-9-24-14/h1-2,5-6,10,14H,3-4,7-9,11-12H2,(H,19,21)(H,20,23)/t14-/m1/s1. The molecule has 3 heterocycles. The molecule has 0 spiro atoms. The number of aromatic nitrogens is 2. The van der Waals surface area contributed by atoms with Crippen LogP contribution in [0.5, 0.6) is 5.75 Å². The highest BCUT2D eigenvalue weighted by Crippen LogP contribution is 2.26. The van der Waals surface area contributed by atoms with Gasteiger partial charge in [-0.25, -0.2) is 4.79 Å². The van der Waals surface area contributed by atoms with Crippen LogP contribution < -0.4 is 10.1 Å². The van der Waals surface area contributed by atoms with E-state index in [1.165, 1.54) is 0 Å². The van der Waals surface area contributed by atoms with Crippen molar-refractivity contribution in [2.45, 2.75) is 31.9 Å². The predicted octanol–water partition coefficient (Wildman–Crippen LogP) is 2.56. The Morgan fingerprint density at radius 1 is 1.44 bits per heavy atom. The van der Waals surface area contributed by atoms with Gasteiger partial charge < -0.3 is 19.7 Å². The largest absolute Gasteiger partial charge is 0.489 e. The Morgan fingerprint density at radius 3 is 3.24 bits per heavy atom. The van der Waals surface area contributed by atoms with E-state index in [0.29, 0.717) is 31.1 Å². The molecule has 2 aliphatic heterocycles. The number of rotatable bonds is 4. The molecular weight excluding hydrogens is 320 g/mol. The summed E-state index contributed by atoms with van der Waals surface area (Å²) < 4.78 is 11.5. The highest BCUT2D eigenvalue weighted by Gasteiger charge is 2.23. The molecule has 2 aliphatic rings. The lowest BCUT2D eigenvalue weighted by atomic mass is 10.1. The summed E-state index contributed by atoms with van der Waals surface area (Å²) in [5, 5.41) is 9.99. The van der Waals surface area contributed by atoms with Gasteiger partial charge in [0.15, 0.2) is 0 Å². The van der Waals surface area contributed by atoms with Crippen LogP contribution in [-0.4, -0.2) is 47.0 Å². The fraction of sp³-hybridized carbons (Fsp3) is 0.444. The fourth-order valence-corrected chi connectivity index (χ4v) is 3.24. The van der Waals surface area contributed by atoms with Crippen LogP contribution >= 0.6 is 0 Å². The van der Waals surface area contributed by atoms with Crippen LogP contribution in [-0.2, 0) is 17.7 Å². The number of amides is 2. The Bertz CT molecular complexity index is 739. The number of fused-ring (bicyclic) bond motifs is 1. The molecule has 1 aromatic carbocycles. The number of carbonyl (C=O) groups excluding carboxylic acids is 1. The maximum absolute atomic E-state index is 12.6. The minimum atomic E-state index is -0.125. The van der Waals surface area contributed by atoms with Crippen molar-refractivity contribution in [2.24, 2.45) is 0 Å². The summed E-state index contributed by atoms with van der Waals surface area (Å²) in [6.45, 7) is 2.54. The SMILES string of the molecule is O=C(Nc1ccccc1OC[C@H]1CCCO1)N1CCc2[nH]ncc2C1. The maximum atomic E-state index is 12.6. The Hall–Kier alpha value is -2.54. The first-order valence-electron chi connectivity index (χ1n) is 8.70. The van der Waals surface area contributed by atoms with Gasteiger partial charge in [-0.15, -0.1) is 0 Å². The third kappa shape index (κ3) is 3.61. The predicted molar refractivity (Wildman–Crippen MR) is 92.6 cm³/mol. The van der Waals surface area contributed by atoms with E-state index in [2.05, 4.69) is 15.5 Å². The second-order valence-electron chi connectivity index (χ2n) is 6.42. The summed E-state index contributed by atoms with van der Waals surface area (Å²) in [5.74, 6) is 0.673. The zero-order valence-electron chi connectivity index (χ0n) is 14.0. The number of hydrogen-bond acceptors (Lipinski definition) is 4. The van der Waals surface area contributed by atoms with E-state index in [4.69, 9.17) is 9.47 Å². The average molecular weight is 342 g/mol. The summed E-state index contributed by atoms with van der Waals surface area (Å²) in [4.78, 5) is 14.4. The Kier molecular flexibility index (Phi) is 4.56. The van der Waals surface area contributed by atoms with E-state index >= 15 is 0 Å². The third-order valence-corrected chi connectivity index (χ3v) is 4.67. The van der Waals surface area contributed by atoms with Gasteiger partial charge >= 0.3 is 6.03 Å². The molecule has 1 aromatic heterocycles. The number of anilines is 1. The second-order valence-corrected chi connectivity index (χ2v) is 6.42. The number of H-pyrrole nitrogens is 1. The highest BCUT2D eigenvalue weighted by atomic mass is 16.5. The van der Waals surface area contributed by atoms with Crippen molar-refractivity contribution < 1.29 is 14.3 Å². The average Bonchev–Trinajstić information content (AvgIpc) is 3.31. The third-order valence-electron chi connectivity index (χ3n) is 4.67. The summed E-state index contributed by atoms with van der Waals surface area (Å²) in [5.41, 5.74) is 2.87. The fourth-order valence-electron chi connectivity index (χ4n) is 3.24. The molecule has 4 rings (SSSR count). The van der Waals surface area contributed by atoms with Gasteiger partial charge in [-0.2, -0.15) is 5.10 Å². The zero-order chi connectivity index (χ0) is 17.1. The molecule has 0 radical (unpaired) electrons. The van der Waals surface area contributed by atoms with E-state index in [-0.39, 0.29) is 12.1 Å². The summed E-state index contributed by atoms with van der Waals surface area (Å²) in [7, 11) is 0. The van der Waals surface area contributed by atoms with Crippen molar-refractivity contribution in [1.82, 2.24) is 15.1 Å². The van der Waals surface area contributed by atoms with Crippen LogP contribution in [0.25, 0.3) is 0 Å². The smallest absolute Gasteiger partial charge is 0.322 e. The molecule has 2 aromatic rings. The lowest BCUT2D eigenvalue weighted by Gasteiger charge is -2.27. The Labute approximate surface area is 146 Å². The summed E-state index contributed by atoms with van der Waals surface area (Å²) in [6, 6.07) is 7.39. The van der Waals surface area contributed by atoms with Crippen molar-refractivity contribution >= 4 is 11.7 Å². The van der Waals surface area contributed by atoms with Gasteiger partial charge in [0.05, 0.1) is 24.5 Å². The monoisotopic (exact) mass is 342 g/mol. The number of nitrogens with zero attached hydrogens (tertiary/aromatic N) is 2. The number of carbonyl (C=O) groups is 1. The molecule has 2 N–H and O–H groups in total. The molecule has 0 saturated carbocycles. The van der Waals surface area contributed by atoms with Crippen molar-refractivity contribution in [2.75, 3.05) is 25.1 Å². The molecule has 0 aliphatic carbocycles. The van der Waals surface area contributed by atoms with E-state index in [9.17, 15) is 4.79 Å². The number of urea groups is 1. The molecule has 132 valence electrons. The lowest BCUT2D eigenvalue weighted by Crippen LogP contribution is -2.38. The molecule has 2 amide bonds. The van der Waals surface area contributed by atoms with Gasteiger partial charge in [0.1, 0.15) is 12.4 Å². The maximum Gasteiger partial charge on any atom is 0.322 e. The number of aromatic amines is 1. The van der Waals surface area contributed by atoms with Crippen LogP contribution in [0.3, 0.4) is 0 Å².